The number of benzene rings is 2. The van der Waals surface area contributed by atoms with Crippen LogP contribution < -0.4 is 0 Å². The second-order valence-electron chi connectivity index (χ2n) is 5.63. The van der Waals surface area contributed by atoms with Crippen molar-refractivity contribution in [3.63, 3.8) is 0 Å². The van der Waals surface area contributed by atoms with Gasteiger partial charge in [0.1, 0.15) is 5.82 Å². The van der Waals surface area contributed by atoms with Crippen molar-refractivity contribution in [2.24, 2.45) is 0 Å². The van der Waals surface area contributed by atoms with E-state index >= 15 is 0 Å². The maximum absolute atomic E-state index is 13.5. The average molecular weight is 349 g/mol. The van der Waals surface area contributed by atoms with Crippen LogP contribution in [0.25, 0.3) is 11.1 Å². The summed E-state index contributed by atoms with van der Waals surface area (Å²) in [5, 5.41) is 9.22. The molecule has 1 fully saturated rings. The zero-order valence-corrected chi connectivity index (χ0v) is 13.6. The third kappa shape index (κ3) is 3.05. The zero-order chi connectivity index (χ0) is 17.3. The summed E-state index contributed by atoms with van der Waals surface area (Å²) in [4.78, 5) is 11.4. The third-order valence-electron chi connectivity index (χ3n) is 4.08. The fourth-order valence-corrected chi connectivity index (χ4v) is 4.34. The molecule has 24 heavy (non-hydrogen) atoms. The first-order valence-electron chi connectivity index (χ1n) is 7.53. The molecule has 1 heterocycles. The number of hydrogen-bond acceptors (Lipinski definition) is 3. The molecule has 1 saturated heterocycles. The molecule has 0 amide bonds. The molecule has 5 nitrogen and oxygen atoms in total. The van der Waals surface area contributed by atoms with Crippen LogP contribution >= 0.6 is 0 Å². The van der Waals surface area contributed by atoms with E-state index in [1.807, 2.05) is 0 Å². The average Bonchev–Trinajstić information content (AvgIpc) is 3.10. The summed E-state index contributed by atoms with van der Waals surface area (Å²) < 4.78 is 39.9. The monoisotopic (exact) mass is 349 g/mol. The lowest BCUT2D eigenvalue weighted by Gasteiger charge is -2.16. The van der Waals surface area contributed by atoms with Crippen LogP contribution in [0.1, 0.15) is 23.2 Å². The highest BCUT2D eigenvalue weighted by molar-refractivity contribution is 7.89. The maximum Gasteiger partial charge on any atom is 0.336 e. The summed E-state index contributed by atoms with van der Waals surface area (Å²) in [6.07, 6.45) is 1.70. The van der Waals surface area contributed by atoms with Crippen molar-refractivity contribution in [3.05, 3.63) is 53.8 Å². The fourth-order valence-electron chi connectivity index (χ4n) is 2.83. The van der Waals surface area contributed by atoms with E-state index < -0.39 is 21.8 Å². The van der Waals surface area contributed by atoms with Crippen LogP contribution in [0.5, 0.6) is 0 Å². The summed E-state index contributed by atoms with van der Waals surface area (Å²) in [6.45, 7) is 1.02. The van der Waals surface area contributed by atoms with Crippen molar-refractivity contribution in [2.45, 2.75) is 17.7 Å². The van der Waals surface area contributed by atoms with Gasteiger partial charge in [0, 0.05) is 13.1 Å². The lowest BCUT2D eigenvalue weighted by molar-refractivity contribution is 0.0697. The highest BCUT2D eigenvalue weighted by Crippen LogP contribution is 2.28. The van der Waals surface area contributed by atoms with Gasteiger partial charge in [0.25, 0.3) is 0 Å². The first-order chi connectivity index (χ1) is 11.4. The lowest BCUT2D eigenvalue weighted by atomic mass is 10.00. The van der Waals surface area contributed by atoms with E-state index in [1.54, 1.807) is 0 Å². The van der Waals surface area contributed by atoms with E-state index in [0.29, 0.717) is 18.7 Å². The summed E-state index contributed by atoms with van der Waals surface area (Å²) in [5.74, 6) is -1.72. The molecule has 1 aliphatic rings. The van der Waals surface area contributed by atoms with E-state index in [-0.39, 0.29) is 16.0 Å². The van der Waals surface area contributed by atoms with Crippen molar-refractivity contribution in [1.29, 1.82) is 0 Å². The van der Waals surface area contributed by atoms with Crippen molar-refractivity contribution in [3.8, 4) is 11.1 Å². The lowest BCUT2D eigenvalue weighted by Crippen LogP contribution is -2.27. The van der Waals surface area contributed by atoms with Gasteiger partial charge in [-0.25, -0.2) is 17.6 Å². The van der Waals surface area contributed by atoms with Gasteiger partial charge in [-0.05, 0) is 54.3 Å². The van der Waals surface area contributed by atoms with Gasteiger partial charge in [-0.2, -0.15) is 4.31 Å². The Morgan fingerprint density at radius 1 is 1.04 bits per heavy atom. The number of nitrogens with zero attached hydrogens (tertiary/aromatic N) is 1. The number of carboxylic acids is 1. The van der Waals surface area contributed by atoms with E-state index in [0.717, 1.165) is 25.0 Å². The summed E-state index contributed by atoms with van der Waals surface area (Å²) in [7, 11) is -3.53. The minimum absolute atomic E-state index is 0.0356. The molecule has 0 aliphatic carbocycles. The van der Waals surface area contributed by atoms with Gasteiger partial charge in [0.15, 0.2) is 0 Å². The molecule has 0 radical (unpaired) electrons. The molecule has 3 rings (SSSR count). The number of sulfonamides is 1. The predicted octanol–water partition coefficient (Wildman–Crippen LogP) is 2.98. The smallest absolute Gasteiger partial charge is 0.336 e. The van der Waals surface area contributed by atoms with Gasteiger partial charge in [-0.15, -0.1) is 0 Å². The first kappa shape index (κ1) is 16.6. The van der Waals surface area contributed by atoms with Crippen LogP contribution in [-0.4, -0.2) is 36.9 Å². The SMILES string of the molecule is O=C(O)c1ccc(F)cc1-c1ccc(S(=O)(=O)N2CCCC2)cc1. The van der Waals surface area contributed by atoms with E-state index in [2.05, 4.69) is 0 Å². The number of rotatable bonds is 4. The number of hydrogen-bond donors (Lipinski definition) is 1. The Morgan fingerprint density at radius 2 is 1.67 bits per heavy atom. The summed E-state index contributed by atoms with van der Waals surface area (Å²) >= 11 is 0. The van der Waals surface area contributed by atoms with Gasteiger partial charge >= 0.3 is 5.97 Å². The number of carbonyl (C=O) groups is 1. The molecular weight excluding hydrogens is 333 g/mol. The second-order valence-corrected chi connectivity index (χ2v) is 7.57. The zero-order valence-electron chi connectivity index (χ0n) is 12.8. The van der Waals surface area contributed by atoms with Gasteiger partial charge in [-0.1, -0.05) is 12.1 Å². The van der Waals surface area contributed by atoms with Crippen molar-refractivity contribution >= 4 is 16.0 Å². The molecule has 1 aliphatic heterocycles. The maximum atomic E-state index is 13.5. The minimum atomic E-state index is -3.53. The Morgan fingerprint density at radius 3 is 2.25 bits per heavy atom. The topological polar surface area (TPSA) is 74.7 Å². The Balaban J connectivity index is 1.99. The molecule has 0 bridgehead atoms. The van der Waals surface area contributed by atoms with Crippen LogP contribution in [-0.2, 0) is 10.0 Å². The Bertz CT molecular complexity index is 872. The van der Waals surface area contributed by atoms with Crippen molar-refractivity contribution < 1.29 is 22.7 Å². The Kier molecular flexibility index (Phi) is 4.38. The fraction of sp³-hybridized carbons (Fsp3) is 0.235. The highest BCUT2D eigenvalue weighted by Gasteiger charge is 2.27. The number of aromatic carboxylic acids is 1. The molecule has 2 aromatic rings. The summed E-state index contributed by atoms with van der Waals surface area (Å²) in [5.41, 5.74) is 0.631. The third-order valence-corrected chi connectivity index (χ3v) is 5.99. The molecule has 0 aromatic heterocycles. The molecule has 2 aromatic carbocycles. The molecule has 0 atom stereocenters. The van der Waals surface area contributed by atoms with Gasteiger partial charge in [0.2, 0.25) is 10.0 Å². The molecule has 0 saturated carbocycles. The second kappa shape index (κ2) is 6.33. The number of carboxylic acid groups (broad SMARTS) is 1. The van der Waals surface area contributed by atoms with Gasteiger partial charge in [-0.3, -0.25) is 0 Å². The van der Waals surface area contributed by atoms with Crippen LogP contribution in [0.2, 0.25) is 0 Å². The molecule has 0 unspecified atom stereocenters. The standard InChI is InChI=1S/C17H16FNO4S/c18-13-5-8-15(17(20)21)16(11-13)12-3-6-14(7-4-12)24(22,23)19-9-1-2-10-19/h3-8,11H,1-2,9-10H2,(H,20,21). The quantitative estimate of drug-likeness (QED) is 0.921. The van der Waals surface area contributed by atoms with Gasteiger partial charge < -0.3 is 5.11 Å². The molecule has 0 spiro atoms. The Labute approximate surface area is 139 Å². The molecular formula is C17H16FNO4S. The van der Waals surface area contributed by atoms with Crippen LogP contribution in [0.3, 0.4) is 0 Å². The molecule has 126 valence electrons. The van der Waals surface area contributed by atoms with Crippen molar-refractivity contribution in [2.75, 3.05) is 13.1 Å². The van der Waals surface area contributed by atoms with E-state index in [4.69, 9.17) is 0 Å². The first-order valence-corrected chi connectivity index (χ1v) is 8.97. The highest BCUT2D eigenvalue weighted by atomic mass is 32.2. The van der Waals surface area contributed by atoms with E-state index in [1.165, 1.54) is 34.6 Å². The molecule has 7 heteroatoms. The predicted molar refractivity (Wildman–Crippen MR) is 86.8 cm³/mol. The Hall–Kier alpha value is -2.25. The summed E-state index contributed by atoms with van der Waals surface area (Å²) in [6, 6.07) is 9.28. The van der Waals surface area contributed by atoms with Crippen LogP contribution in [0.4, 0.5) is 4.39 Å². The minimum Gasteiger partial charge on any atom is -0.478 e. The van der Waals surface area contributed by atoms with Crippen LogP contribution in [0, 0.1) is 5.82 Å². The largest absolute Gasteiger partial charge is 0.478 e. The molecule has 1 N–H and O–H groups in total. The normalized spacial score (nSPS) is 15.5. The number of halogens is 1. The van der Waals surface area contributed by atoms with Gasteiger partial charge in [0.05, 0.1) is 10.5 Å². The van der Waals surface area contributed by atoms with Crippen molar-refractivity contribution in [1.82, 2.24) is 4.31 Å². The van der Waals surface area contributed by atoms with E-state index in [9.17, 15) is 22.7 Å². The van der Waals surface area contributed by atoms with Crippen LogP contribution in [0.15, 0.2) is 47.4 Å².